The van der Waals surface area contributed by atoms with E-state index < -0.39 is 0 Å². The Morgan fingerprint density at radius 2 is 2.25 bits per heavy atom. The zero-order valence-corrected chi connectivity index (χ0v) is 10.7. The van der Waals surface area contributed by atoms with Gasteiger partial charge in [0.2, 0.25) is 0 Å². The average molecular weight is 282 g/mol. The Kier molecular flexibility index (Phi) is 4.43. The lowest BCUT2D eigenvalue weighted by Crippen LogP contribution is -2.28. The Morgan fingerprint density at radius 3 is 3.00 bits per heavy atom. The van der Waals surface area contributed by atoms with Crippen LogP contribution in [0.3, 0.4) is 0 Å². The fourth-order valence-electron chi connectivity index (χ4n) is 1.74. The fraction of sp³-hybridized carbons (Fsp3) is 0.385. The van der Waals surface area contributed by atoms with Crippen molar-refractivity contribution >= 4 is 15.9 Å². The van der Waals surface area contributed by atoms with Gasteiger partial charge in [-0.25, -0.2) is 0 Å². The number of rotatable bonds is 4. The first-order chi connectivity index (χ1) is 7.86. The van der Waals surface area contributed by atoms with E-state index in [1.807, 2.05) is 12.3 Å². The Hall–Kier alpha value is -0.800. The van der Waals surface area contributed by atoms with Crippen LogP contribution in [0.4, 0.5) is 0 Å². The van der Waals surface area contributed by atoms with E-state index in [2.05, 4.69) is 45.5 Å². The van der Waals surface area contributed by atoms with E-state index in [0.29, 0.717) is 6.10 Å². The summed E-state index contributed by atoms with van der Waals surface area (Å²) in [5, 5.41) is 3.42. The molecule has 1 unspecified atom stereocenters. The molecule has 1 aliphatic heterocycles. The normalized spacial score (nSPS) is 19.4. The van der Waals surface area contributed by atoms with Gasteiger partial charge in [0.1, 0.15) is 6.10 Å². The van der Waals surface area contributed by atoms with Gasteiger partial charge in [-0.1, -0.05) is 34.1 Å². The molecule has 3 heteroatoms. The summed E-state index contributed by atoms with van der Waals surface area (Å²) in [5.74, 6) is 0. The van der Waals surface area contributed by atoms with E-state index in [0.717, 1.165) is 30.4 Å². The van der Waals surface area contributed by atoms with Crippen LogP contribution in [-0.2, 0) is 11.3 Å². The monoisotopic (exact) mass is 281 g/mol. The molecular weight excluding hydrogens is 266 g/mol. The largest absolute Gasteiger partial charge is 0.497 e. The zero-order valence-electron chi connectivity index (χ0n) is 9.16. The number of allylic oxidation sites excluding steroid dienone is 1. The summed E-state index contributed by atoms with van der Waals surface area (Å²) in [5.41, 5.74) is 1.29. The second-order valence-corrected chi connectivity index (χ2v) is 4.78. The maximum absolute atomic E-state index is 5.49. The molecule has 2 rings (SSSR count). The summed E-state index contributed by atoms with van der Waals surface area (Å²) in [7, 11) is 0. The molecule has 0 bridgehead atoms. The molecule has 1 N–H and O–H groups in total. The van der Waals surface area contributed by atoms with Gasteiger partial charge in [-0.2, -0.15) is 0 Å². The van der Waals surface area contributed by atoms with E-state index >= 15 is 0 Å². The minimum absolute atomic E-state index is 0.326. The van der Waals surface area contributed by atoms with Crippen molar-refractivity contribution in [2.45, 2.75) is 25.5 Å². The minimum Gasteiger partial charge on any atom is -0.497 e. The molecule has 0 spiro atoms. The van der Waals surface area contributed by atoms with Gasteiger partial charge in [-0.05, 0) is 30.5 Å². The highest BCUT2D eigenvalue weighted by Crippen LogP contribution is 2.15. The van der Waals surface area contributed by atoms with Gasteiger partial charge in [-0.15, -0.1) is 0 Å². The van der Waals surface area contributed by atoms with Gasteiger partial charge < -0.3 is 10.1 Å². The summed E-state index contributed by atoms with van der Waals surface area (Å²) >= 11 is 3.54. The maximum Gasteiger partial charge on any atom is 0.110 e. The van der Waals surface area contributed by atoms with Gasteiger partial charge in [-0.3, -0.25) is 0 Å². The number of hydrogen-bond acceptors (Lipinski definition) is 2. The summed E-state index contributed by atoms with van der Waals surface area (Å²) in [6.07, 6.45) is 6.45. The second kappa shape index (κ2) is 6.06. The molecule has 0 aromatic heterocycles. The molecule has 0 saturated heterocycles. The summed E-state index contributed by atoms with van der Waals surface area (Å²) in [4.78, 5) is 0. The highest BCUT2D eigenvalue weighted by Gasteiger charge is 2.10. The van der Waals surface area contributed by atoms with Crippen LogP contribution >= 0.6 is 15.9 Å². The third kappa shape index (κ3) is 3.35. The topological polar surface area (TPSA) is 21.3 Å². The summed E-state index contributed by atoms with van der Waals surface area (Å²) in [6, 6.07) is 8.28. The van der Waals surface area contributed by atoms with Crippen molar-refractivity contribution in [3.05, 3.63) is 46.6 Å². The van der Waals surface area contributed by atoms with Crippen molar-refractivity contribution < 1.29 is 4.74 Å². The highest BCUT2D eigenvalue weighted by molar-refractivity contribution is 9.10. The van der Waals surface area contributed by atoms with E-state index in [-0.39, 0.29) is 0 Å². The van der Waals surface area contributed by atoms with Crippen LogP contribution in [0, 0.1) is 0 Å². The Labute approximate surface area is 105 Å². The predicted octanol–water partition coefficient (Wildman–Crippen LogP) is 3.23. The third-order valence-electron chi connectivity index (χ3n) is 2.67. The molecule has 0 saturated carbocycles. The molecule has 1 heterocycles. The lowest BCUT2D eigenvalue weighted by Gasteiger charge is -2.19. The maximum atomic E-state index is 5.49. The van der Waals surface area contributed by atoms with Crippen molar-refractivity contribution in [2.75, 3.05) is 6.54 Å². The number of ether oxygens (including phenoxy) is 1. The summed E-state index contributed by atoms with van der Waals surface area (Å²) in [6.45, 7) is 1.79. The Bertz CT molecular complexity index is 365. The van der Waals surface area contributed by atoms with E-state index in [4.69, 9.17) is 4.74 Å². The quantitative estimate of drug-likeness (QED) is 0.915. The van der Waals surface area contributed by atoms with Crippen LogP contribution in [0.25, 0.3) is 0 Å². The SMILES string of the molecule is Brc1ccccc1CNCC1CCC=CO1. The fourth-order valence-corrected chi connectivity index (χ4v) is 2.17. The van der Waals surface area contributed by atoms with Gasteiger partial charge in [0, 0.05) is 17.6 Å². The van der Waals surface area contributed by atoms with Crippen LogP contribution in [0.15, 0.2) is 41.1 Å². The van der Waals surface area contributed by atoms with E-state index in [1.54, 1.807) is 0 Å². The van der Waals surface area contributed by atoms with Crippen LogP contribution in [-0.4, -0.2) is 12.6 Å². The van der Waals surface area contributed by atoms with E-state index in [9.17, 15) is 0 Å². The van der Waals surface area contributed by atoms with Crippen LogP contribution in [0.2, 0.25) is 0 Å². The zero-order chi connectivity index (χ0) is 11.2. The predicted molar refractivity (Wildman–Crippen MR) is 69.1 cm³/mol. The van der Waals surface area contributed by atoms with Crippen molar-refractivity contribution in [2.24, 2.45) is 0 Å². The van der Waals surface area contributed by atoms with E-state index in [1.165, 1.54) is 5.56 Å². The van der Waals surface area contributed by atoms with Gasteiger partial charge in [0.15, 0.2) is 0 Å². The van der Waals surface area contributed by atoms with Crippen molar-refractivity contribution in [3.63, 3.8) is 0 Å². The molecule has 86 valence electrons. The Morgan fingerprint density at radius 1 is 1.38 bits per heavy atom. The smallest absolute Gasteiger partial charge is 0.110 e. The molecule has 1 aromatic rings. The van der Waals surface area contributed by atoms with Crippen molar-refractivity contribution in [1.82, 2.24) is 5.32 Å². The van der Waals surface area contributed by atoms with Gasteiger partial charge >= 0.3 is 0 Å². The summed E-state index contributed by atoms with van der Waals surface area (Å²) < 4.78 is 6.65. The first-order valence-electron chi connectivity index (χ1n) is 5.61. The van der Waals surface area contributed by atoms with Gasteiger partial charge in [0.05, 0.1) is 6.26 Å². The molecule has 1 aliphatic rings. The number of nitrogens with one attached hydrogen (secondary N) is 1. The lowest BCUT2D eigenvalue weighted by molar-refractivity contribution is 0.122. The van der Waals surface area contributed by atoms with Gasteiger partial charge in [0.25, 0.3) is 0 Å². The molecule has 0 aliphatic carbocycles. The second-order valence-electron chi connectivity index (χ2n) is 3.93. The minimum atomic E-state index is 0.326. The molecule has 1 aromatic carbocycles. The highest BCUT2D eigenvalue weighted by atomic mass is 79.9. The number of hydrogen-bond donors (Lipinski definition) is 1. The molecular formula is C13H16BrNO. The average Bonchev–Trinajstić information content (AvgIpc) is 2.33. The van der Waals surface area contributed by atoms with Crippen LogP contribution in [0.1, 0.15) is 18.4 Å². The third-order valence-corrected chi connectivity index (χ3v) is 3.44. The molecule has 1 atom stereocenters. The number of halogens is 1. The standard InChI is InChI=1S/C13H16BrNO/c14-13-7-2-1-5-11(13)9-15-10-12-6-3-4-8-16-12/h1-2,4-5,7-8,12,15H,3,6,9-10H2. The first kappa shape index (κ1) is 11.7. The molecule has 2 nitrogen and oxygen atoms in total. The molecule has 0 amide bonds. The molecule has 0 fully saturated rings. The molecule has 16 heavy (non-hydrogen) atoms. The lowest BCUT2D eigenvalue weighted by atomic mass is 10.1. The van der Waals surface area contributed by atoms with Crippen molar-refractivity contribution in [1.29, 1.82) is 0 Å². The van der Waals surface area contributed by atoms with Crippen molar-refractivity contribution in [3.8, 4) is 0 Å². The Balaban J connectivity index is 1.75. The number of benzene rings is 1. The first-order valence-corrected chi connectivity index (χ1v) is 6.40. The van der Waals surface area contributed by atoms with Crippen LogP contribution in [0.5, 0.6) is 0 Å². The van der Waals surface area contributed by atoms with Crippen LogP contribution < -0.4 is 5.32 Å². The molecule has 0 radical (unpaired) electrons.